The van der Waals surface area contributed by atoms with E-state index in [0.29, 0.717) is 12.6 Å². The fraction of sp³-hybridized carbons (Fsp3) is 1.00. The van der Waals surface area contributed by atoms with Crippen LogP contribution in [0.2, 0.25) is 0 Å². The Bertz CT molecular complexity index is 332. The molecular weight excluding hydrogens is 236 g/mol. The number of hydrogen-bond acceptors (Lipinski definition) is 3. The predicted molar refractivity (Wildman–Crippen MR) is 69.4 cm³/mol. The van der Waals surface area contributed by atoms with Gasteiger partial charge in [-0.15, -0.1) is 0 Å². The van der Waals surface area contributed by atoms with Crippen molar-refractivity contribution in [1.82, 2.24) is 10.0 Å². The van der Waals surface area contributed by atoms with Gasteiger partial charge in [0.15, 0.2) is 0 Å². The highest BCUT2D eigenvalue weighted by Gasteiger charge is 2.27. The van der Waals surface area contributed by atoms with Gasteiger partial charge in [0.2, 0.25) is 10.0 Å². The predicted octanol–water partition coefficient (Wildman–Crippen LogP) is 1.38. The molecule has 17 heavy (non-hydrogen) atoms. The van der Waals surface area contributed by atoms with Gasteiger partial charge in [0.05, 0.1) is 5.25 Å². The maximum Gasteiger partial charge on any atom is 0.215 e. The smallest absolute Gasteiger partial charge is 0.215 e. The molecular formula is C12H24N2O2S. The average molecular weight is 260 g/mol. The molecule has 0 amide bonds. The summed E-state index contributed by atoms with van der Waals surface area (Å²) in [7, 11) is -3.14. The van der Waals surface area contributed by atoms with E-state index in [-0.39, 0.29) is 11.3 Å². The van der Waals surface area contributed by atoms with Gasteiger partial charge in [-0.2, -0.15) is 0 Å². The zero-order valence-corrected chi connectivity index (χ0v) is 11.4. The Hall–Kier alpha value is -0.130. The molecule has 0 saturated heterocycles. The van der Waals surface area contributed by atoms with Crippen molar-refractivity contribution in [3.63, 3.8) is 0 Å². The summed E-state index contributed by atoms with van der Waals surface area (Å²) in [5.74, 6) is 0. The zero-order chi connectivity index (χ0) is 12.3. The van der Waals surface area contributed by atoms with Crippen LogP contribution >= 0.6 is 0 Å². The molecule has 2 N–H and O–H groups in total. The lowest BCUT2D eigenvalue weighted by Crippen LogP contribution is -2.44. The molecule has 2 aliphatic carbocycles. The lowest BCUT2D eigenvalue weighted by Gasteiger charge is -2.24. The van der Waals surface area contributed by atoms with E-state index in [4.69, 9.17) is 0 Å². The van der Waals surface area contributed by atoms with Crippen LogP contribution in [0.3, 0.4) is 0 Å². The van der Waals surface area contributed by atoms with Gasteiger partial charge in [-0.25, -0.2) is 13.1 Å². The number of sulfonamides is 1. The fourth-order valence-corrected chi connectivity index (χ4v) is 3.55. The molecule has 0 radical (unpaired) electrons. The van der Waals surface area contributed by atoms with E-state index in [9.17, 15) is 8.42 Å². The minimum Gasteiger partial charge on any atom is -0.313 e. The van der Waals surface area contributed by atoms with Crippen molar-refractivity contribution in [2.24, 2.45) is 0 Å². The van der Waals surface area contributed by atoms with Crippen molar-refractivity contribution in [3.8, 4) is 0 Å². The minimum absolute atomic E-state index is 0.178. The molecule has 0 aromatic rings. The maximum absolute atomic E-state index is 12.1. The highest BCUT2D eigenvalue weighted by Crippen LogP contribution is 2.20. The summed E-state index contributed by atoms with van der Waals surface area (Å²) >= 11 is 0. The van der Waals surface area contributed by atoms with Crippen molar-refractivity contribution in [1.29, 1.82) is 0 Å². The Morgan fingerprint density at radius 2 is 1.71 bits per heavy atom. The zero-order valence-electron chi connectivity index (χ0n) is 10.6. The molecule has 2 rings (SSSR count). The third kappa shape index (κ3) is 4.23. The van der Waals surface area contributed by atoms with E-state index < -0.39 is 10.0 Å². The average Bonchev–Trinajstić information content (AvgIpc) is 3.10. The SMILES string of the molecule is CC(CNC1CC1)S(=O)(=O)NC1CCCCC1. The Balaban J connectivity index is 1.78. The molecule has 2 saturated carbocycles. The van der Waals surface area contributed by atoms with Crippen LogP contribution in [-0.2, 0) is 10.0 Å². The van der Waals surface area contributed by atoms with Gasteiger partial charge in [0, 0.05) is 18.6 Å². The topological polar surface area (TPSA) is 58.2 Å². The summed E-state index contributed by atoms with van der Waals surface area (Å²) < 4.78 is 27.0. The van der Waals surface area contributed by atoms with Crippen LogP contribution in [0, 0.1) is 0 Å². The van der Waals surface area contributed by atoms with Gasteiger partial charge < -0.3 is 5.32 Å². The molecule has 0 spiro atoms. The first-order chi connectivity index (χ1) is 8.08. The van der Waals surface area contributed by atoms with Gasteiger partial charge >= 0.3 is 0 Å². The molecule has 1 unspecified atom stereocenters. The highest BCUT2D eigenvalue weighted by atomic mass is 32.2. The van der Waals surface area contributed by atoms with Crippen LogP contribution < -0.4 is 10.0 Å². The van der Waals surface area contributed by atoms with E-state index in [0.717, 1.165) is 25.7 Å². The summed E-state index contributed by atoms with van der Waals surface area (Å²) in [6.07, 6.45) is 7.95. The highest BCUT2D eigenvalue weighted by molar-refractivity contribution is 7.90. The molecule has 2 aliphatic rings. The second kappa shape index (κ2) is 5.67. The quantitative estimate of drug-likeness (QED) is 0.758. The molecule has 0 aliphatic heterocycles. The lowest BCUT2D eigenvalue weighted by atomic mass is 9.96. The Morgan fingerprint density at radius 3 is 2.29 bits per heavy atom. The van der Waals surface area contributed by atoms with Crippen LogP contribution in [0.25, 0.3) is 0 Å². The van der Waals surface area contributed by atoms with Crippen LogP contribution in [0.1, 0.15) is 51.9 Å². The van der Waals surface area contributed by atoms with Crippen LogP contribution in [0.4, 0.5) is 0 Å². The first-order valence-electron chi connectivity index (χ1n) is 6.82. The summed E-state index contributed by atoms with van der Waals surface area (Å²) in [6, 6.07) is 0.749. The number of rotatable bonds is 6. The first-order valence-corrected chi connectivity index (χ1v) is 8.37. The number of hydrogen-bond donors (Lipinski definition) is 2. The second-order valence-corrected chi connectivity index (χ2v) is 7.62. The monoisotopic (exact) mass is 260 g/mol. The first kappa shape index (κ1) is 13.3. The van der Waals surface area contributed by atoms with Crippen molar-refractivity contribution in [3.05, 3.63) is 0 Å². The van der Waals surface area contributed by atoms with Crippen LogP contribution in [0.15, 0.2) is 0 Å². The Morgan fingerprint density at radius 1 is 1.06 bits per heavy atom. The molecule has 5 heteroatoms. The molecule has 1 atom stereocenters. The second-order valence-electron chi connectivity index (χ2n) is 5.49. The summed E-state index contributed by atoms with van der Waals surface area (Å²) in [6.45, 7) is 2.37. The number of nitrogens with one attached hydrogen (secondary N) is 2. The Labute approximate surface area is 105 Å². The molecule has 0 bridgehead atoms. The van der Waals surface area contributed by atoms with E-state index >= 15 is 0 Å². The molecule has 100 valence electrons. The van der Waals surface area contributed by atoms with Crippen molar-refractivity contribution in [2.75, 3.05) is 6.54 Å². The summed E-state index contributed by atoms with van der Waals surface area (Å²) in [5.41, 5.74) is 0. The molecule has 4 nitrogen and oxygen atoms in total. The fourth-order valence-electron chi connectivity index (χ4n) is 2.30. The third-order valence-corrected chi connectivity index (χ3v) is 5.63. The Kier molecular flexibility index (Phi) is 4.44. The van der Waals surface area contributed by atoms with Gasteiger partial charge in [0.25, 0.3) is 0 Å². The normalized spacial score (nSPS) is 24.8. The van der Waals surface area contributed by atoms with Gasteiger partial charge in [-0.1, -0.05) is 19.3 Å². The van der Waals surface area contributed by atoms with Gasteiger partial charge in [-0.05, 0) is 32.6 Å². The van der Waals surface area contributed by atoms with Crippen LogP contribution in [0.5, 0.6) is 0 Å². The van der Waals surface area contributed by atoms with E-state index in [1.165, 1.54) is 19.3 Å². The summed E-state index contributed by atoms with van der Waals surface area (Å²) in [5, 5.41) is 2.95. The van der Waals surface area contributed by atoms with Crippen molar-refractivity contribution < 1.29 is 8.42 Å². The van der Waals surface area contributed by atoms with E-state index in [2.05, 4.69) is 10.0 Å². The molecule has 0 heterocycles. The third-order valence-electron chi connectivity index (χ3n) is 3.74. The largest absolute Gasteiger partial charge is 0.313 e. The minimum atomic E-state index is -3.14. The standard InChI is InChI=1S/C12H24N2O2S/c1-10(9-13-11-7-8-11)17(15,16)14-12-5-3-2-4-6-12/h10-14H,2-9H2,1H3. The van der Waals surface area contributed by atoms with Gasteiger partial charge in [0.1, 0.15) is 0 Å². The summed E-state index contributed by atoms with van der Waals surface area (Å²) in [4.78, 5) is 0. The molecule has 0 aromatic heterocycles. The van der Waals surface area contributed by atoms with Crippen LogP contribution in [-0.4, -0.2) is 32.3 Å². The molecule has 0 aromatic carbocycles. The lowest BCUT2D eigenvalue weighted by molar-refractivity contribution is 0.410. The molecule has 2 fully saturated rings. The van der Waals surface area contributed by atoms with Gasteiger partial charge in [-0.3, -0.25) is 0 Å². The van der Waals surface area contributed by atoms with E-state index in [1.54, 1.807) is 6.92 Å². The van der Waals surface area contributed by atoms with Crippen molar-refractivity contribution in [2.45, 2.75) is 69.2 Å². The van der Waals surface area contributed by atoms with E-state index in [1.807, 2.05) is 0 Å². The van der Waals surface area contributed by atoms with Crippen molar-refractivity contribution >= 4 is 10.0 Å². The maximum atomic E-state index is 12.1.